The highest BCUT2D eigenvalue weighted by Crippen LogP contribution is 2.27. The number of hydrogen-bond acceptors (Lipinski definition) is 5. The number of esters is 1. The second-order valence-corrected chi connectivity index (χ2v) is 6.17. The minimum atomic E-state index is -3.97. The lowest BCUT2D eigenvalue weighted by atomic mass is 10.2. The van der Waals surface area contributed by atoms with Crippen LogP contribution in [0.4, 0.5) is 5.69 Å². The molecule has 0 fully saturated rings. The quantitative estimate of drug-likeness (QED) is 0.821. The van der Waals surface area contributed by atoms with Gasteiger partial charge in [0, 0.05) is 0 Å². The van der Waals surface area contributed by atoms with Crippen LogP contribution in [0.2, 0.25) is 0 Å². The van der Waals surface area contributed by atoms with E-state index in [1.807, 2.05) is 0 Å². The van der Waals surface area contributed by atoms with Crippen molar-refractivity contribution in [1.82, 2.24) is 0 Å². The Labute approximate surface area is 135 Å². The Bertz CT molecular complexity index is 802. The number of carbonyl (C=O) groups excluding carboxylic acids is 1. The SMILES string of the molecule is CCOc1ccccc1NS(=O)(=O)c1ccccc1C(=O)OC. The summed E-state index contributed by atoms with van der Waals surface area (Å²) in [6, 6.07) is 12.5. The highest BCUT2D eigenvalue weighted by atomic mass is 32.2. The van der Waals surface area contributed by atoms with E-state index in [4.69, 9.17) is 4.74 Å². The number of hydrogen-bond donors (Lipinski definition) is 1. The van der Waals surface area contributed by atoms with Crippen molar-refractivity contribution in [3.05, 3.63) is 54.1 Å². The molecule has 0 amide bonds. The van der Waals surface area contributed by atoms with Crippen LogP contribution >= 0.6 is 0 Å². The average molecular weight is 335 g/mol. The van der Waals surface area contributed by atoms with Crippen LogP contribution < -0.4 is 9.46 Å². The van der Waals surface area contributed by atoms with Gasteiger partial charge in [0.15, 0.2) is 0 Å². The van der Waals surface area contributed by atoms with Gasteiger partial charge in [-0.1, -0.05) is 24.3 Å². The molecule has 0 heterocycles. The fourth-order valence-corrected chi connectivity index (χ4v) is 3.28. The summed E-state index contributed by atoms with van der Waals surface area (Å²) in [6.07, 6.45) is 0. The molecule has 122 valence electrons. The zero-order valence-electron chi connectivity index (χ0n) is 12.8. The fraction of sp³-hybridized carbons (Fsp3) is 0.188. The van der Waals surface area contributed by atoms with Gasteiger partial charge in [0.25, 0.3) is 10.0 Å². The van der Waals surface area contributed by atoms with E-state index in [1.54, 1.807) is 37.3 Å². The largest absolute Gasteiger partial charge is 0.492 e. The predicted octanol–water partition coefficient (Wildman–Crippen LogP) is 2.67. The van der Waals surface area contributed by atoms with Crippen molar-refractivity contribution in [2.75, 3.05) is 18.4 Å². The fourth-order valence-electron chi connectivity index (χ4n) is 2.01. The van der Waals surface area contributed by atoms with Gasteiger partial charge in [-0.15, -0.1) is 0 Å². The molecule has 7 heteroatoms. The van der Waals surface area contributed by atoms with Crippen LogP contribution in [0.5, 0.6) is 5.75 Å². The summed E-state index contributed by atoms with van der Waals surface area (Å²) in [5.74, 6) is -0.307. The Morgan fingerprint density at radius 3 is 2.43 bits per heavy atom. The number of nitrogens with one attached hydrogen (secondary N) is 1. The highest BCUT2D eigenvalue weighted by Gasteiger charge is 2.23. The molecule has 0 unspecified atom stereocenters. The molecule has 2 aromatic rings. The third kappa shape index (κ3) is 3.81. The summed E-state index contributed by atoms with van der Waals surface area (Å²) in [6.45, 7) is 2.20. The number of methoxy groups -OCH3 is 1. The lowest BCUT2D eigenvalue weighted by molar-refractivity contribution is 0.0596. The molecule has 0 radical (unpaired) electrons. The van der Waals surface area contributed by atoms with Gasteiger partial charge in [-0.3, -0.25) is 4.72 Å². The maximum absolute atomic E-state index is 12.6. The molecule has 6 nitrogen and oxygen atoms in total. The van der Waals surface area contributed by atoms with Crippen molar-refractivity contribution in [2.45, 2.75) is 11.8 Å². The summed E-state index contributed by atoms with van der Waals surface area (Å²) < 4.78 is 37.7. The second kappa shape index (κ2) is 7.15. The van der Waals surface area contributed by atoms with Crippen LogP contribution in [-0.2, 0) is 14.8 Å². The molecule has 0 aromatic heterocycles. The van der Waals surface area contributed by atoms with E-state index < -0.39 is 16.0 Å². The molecule has 23 heavy (non-hydrogen) atoms. The lowest BCUT2D eigenvalue weighted by Gasteiger charge is -2.14. The van der Waals surface area contributed by atoms with E-state index >= 15 is 0 Å². The Morgan fingerprint density at radius 2 is 1.74 bits per heavy atom. The van der Waals surface area contributed by atoms with Gasteiger partial charge in [-0.2, -0.15) is 0 Å². The van der Waals surface area contributed by atoms with E-state index in [0.717, 1.165) is 0 Å². The number of rotatable bonds is 6. The lowest BCUT2D eigenvalue weighted by Crippen LogP contribution is -2.18. The maximum atomic E-state index is 12.6. The molecule has 1 N–H and O–H groups in total. The zero-order chi connectivity index (χ0) is 16.9. The summed E-state index contributed by atoms with van der Waals surface area (Å²) in [5, 5.41) is 0. The van der Waals surface area contributed by atoms with Gasteiger partial charge >= 0.3 is 5.97 Å². The number of carbonyl (C=O) groups is 1. The van der Waals surface area contributed by atoms with Gasteiger partial charge < -0.3 is 9.47 Å². The van der Waals surface area contributed by atoms with Gasteiger partial charge in [0.1, 0.15) is 10.6 Å². The minimum absolute atomic E-state index is 0.0311. The van der Waals surface area contributed by atoms with Crippen molar-refractivity contribution >= 4 is 21.7 Å². The van der Waals surface area contributed by atoms with Gasteiger partial charge in [0.2, 0.25) is 0 Å². The standard InChI is InChI=1S/C16H17NO5S/c1-3-22-14-10-6-5-9-13(14)17-23(19,20)15-11-7-4-8-12(15)16(18)21-2/h4-11,17H,3H2,1-2H3. The first-order chi connectivity index (χ1) is 11.0. The van der Waals surface area contributed by atoms with Crippen molar-refractivity contribution in [1.29, 1.82) is 0 Å². The van der Waals surface area contributed by atoms with Crippen molar-refractivity contribution in [3.63, 3.8) is 0 Å². The van der Waals surface area contributed by atoms with Crippen LogP contribution in [0.15, 0.2) is 53.4 Å². The van der Waals surface area contributed by atoms with Gasteiger partial charge in [-0.05, 0) is 31.2 Å². The Hall–Kier alpha value is -2.54. The smallest absolute Gasteiger partial charge is 0.339 e. The minimum Gasteiger partial charge on any atom is -0.492 e. The Kier molecular flexibility index (Phi) is 5.23. The van der Waals surface area contributed by atoms with E-state index in [0.29, 0.717) is 18.0 Å². The van der Waals surface area contributed by atoms with Gasteiger partial charge in [-0.25, -0.2) is 13.2 Å². The number of para-hydroxylation sites is 2. The first-order valence-electron chi connectivity index (χ1n) is 6.91. The molecule has 2 rings (SSSR count). The topological polar surface area (TPSA) is 81.7 Å². The third-order valence-corrected chi connectivity index (χ3v) is 4.44. The highest BCUT2D eigenvalue weighted by molar-refractivity contribution is 7.92. The summed E-state index contributed by atoms with van der Waals surface area (Å²) in [7, 11) is -2.77. The van der Waals surface area contributed by atoms with Crippen LogP contribution in [0.3, 0.4) is 0 Å². The molecule has 0 atom stereocenters. The van der Waals surface area contributed by atoms with Crippen molar-refractivity contribution in [3.8, 4) is 5.75 Å². The Morgan fingerprint density at radius 1 is 1.09 bits per heavy atom. The molecule has 0 aliphatic heterocycles. The Balaban J connectivity index is 2.43. The zero-order valence-corrected chi connectivity index (χ0v) is 13.6. The molecular formula is C16H17NO5S. The molecular weight excluding hydrogens is 318 g/mol. The first-order valence-corrected chi connectivity index (χ1v) is 8.40. The van der Waals surface area contributed by atoms with Crippen LogP contribution in [-0.4, -0.2) is 28.1 Å². The average Bonchev–Trinajstić information content (AvgIpc) is 2.56. The molecule has 2 aromatic carbocycles. The van der Waals surface area contributed by atoms with E-state index in [9.17, 15) is 13.2 Å². The second-order valence-electron chi connectivity index (χ2n) is 4.52. The summed E-state index contributed by atoms with van der Waals surface area (Å²) in [5.41, 5.74) is 0.269. The van der Waals surface area contributed by atoms with E-state index in [1.165, 1.54) is 25.3 Å². The number of ether oxygens (including phenoxy) is 2. The van der Waals surface area contributed by atoms with E-state index in [-0.39, 0.29) is 10.5 Å². The number of anilines is 1. The molecule has 0 saturated heterocycles. The van der Waals surface area contributed by atoms with Crippen LogP contribution in [0.1, 0.15) is 17.3 Å². The molecule has 0 aliphatic carbocycles. The summed E-state index contributed by atoms with van der Waals surface area (Å²) in [4.78, 5) is 11.6. The number of sulfonamides is 1. The van der Waals surface area contributed by atoms with Crippen molar-refractivity contribution in [2.24, 2.45) is 0 Å². The molecule has 0 spiro atoms. The first kappa shape index (κ1) is 16.8. The molecule has 0 saturated carbocycles. The monoisotopic (exact) mass is 335 g/mol. The number of benzene rings is 2. The molecule has 0 bridgehead atoms. The van der Waals surface area contributed by atoms with Crippen molar-refractivity contribution < 1.29 is 22.7 Å². The van der Waals surface area contributed by atoms with E-state index in [2.05, 4.69) is 9.46 Å². The summed E-state index contributed by atoms with van der Waals surface area (Å²) >= 11 is 0. The predicted molar refractivity (Wildman–Crippen MR) is 86.2 cm³/mol. The van der Waals surface area contributed by atoms with Gasteiger partial charge in [0.05, 0.1) is 25.0 Å². The van der Waals surface area contributed by atoms with Crippen LogP contribution in [0, 0.1) is 0 Å². The molecule has 0 aliphatic rings. The third-order valence-electron chi connectivity index (χ3n) is 3.01. The van der Waals surface area contributed by atoms with Crippen LogP contribution in [0.25, 0.3) is 0 Å². The maximum Gasteiger partial charge on any atom is 0.339 e. The normalized spacial score (nSPS) is 10.9.